The average molecular weight is 330 g/mol. The average Bonchev–Trinajstić information content (AvgIpc) is 2.84. The number of carbonyl (C=O) groups is 1. The summed E-state index contributed by atoms with van der Waals surface area (Å²) in [5, 5.41) is 0. The zero-order valence-electron chi connectivity index (χ0n) is 11.4. The molecule has 0 fully saturated rings. The smallest absolute Gasteiger partial charge is 0.159 e. The van der Waals surface area contributed by atoms with Crippen LogP contribution in [0.15, 0.2) is 46.9 Å². The van der Waals surface area contributed by atoms with Gasteiger partial charge in [-0.3, -0.25) is 4.79 Å². The number of ketones is 1. The standard InChI is InChI=1S/C17H16BrNO/c1-12(20)14-4-7-17-15(10-14)8-9-19(17)11-13-2-5-16(18)6-3-13/h2-7,10H,8-9,11H2,1H3. The van der Waals surface area contributed by atoms with E-state index in [1.165, 1.54) is 16.8 Å². The normalized spacial score (nSPS) is 13.4. The van der Waals surface area contributed by atoms with E-state index in [1.54, 1.807) is 6.92 Å². The van der Waals surface area contributed by atoms with Gasteiger partial charge in [-0.15, -0.1) is 0 Å². The molecule has 3 rings (SSSR count). The number of benzene rings is 2. The minimum Gasteiger partial charge on any atom is -0.367 e. The predicted molar refractivity (Wildman–Crippen MR) is 85.3 cm³/mol. The highest BCUT2D eigenvalue weighted by Crippen LogP contribution is 2.30. The largest absolute Gasteiger partial charge is 0.367 e. The molecule has 3 heteroatoms. The van der Waals surface area contributed by atoms with Gasteiger partial charge in [-0.25, -0.2) is 0 Å². The third kappa shape index (κ3) is 2.63. The van der Waals surface area contributed by atoms with Crippen LogP contribution >= 0.6 is 15.9 Å². The van der Waals surface area contributed by atoms with Gasteiger partial charge in [0.1, 0.15) is 0 Å². The number of hydrogen-bond donors (Lipinski definition) is 0. The lowest BCUT2D eigenvalue weighted by Gasteiger charge is -2.19. The van der Waals surface area contributed by atoms with Crippen LogP contribution in [0.2, 0.25) is 0 Å². The van der Waals surface area contributed by atoms with Gasteiger partial charge in [0.25, 0.3) is 0 Å². The fourth-order valence-corrected chi connectivity index (χ4v) is 2.93. The summed E-state index contributed by atoms with van der Waals surface area (Å²) in [4.78, 5) is 13.8. The number of halogens is 1. The van der Waals surface area contributed by atoms with Gasteiger partial charge < -0.3 is 4.90 Å². The van der Waals surface area contributed by atoms with Gasteiger partial charge in [0.05, 0.1) is 0 Å². The topological polar surface area (TPSA) is 20.3 Å². The maximum Gasteiger partial charge on any atom is 0.159 e. The Labute approximate surface area is 127 Å². The van der Waals surface area contributed by atoms with Gasteiger partial charge >= 0.3 is 0 Å². The summed E-state index contributed by atoms with van der Waals surface area (Å²) in [5.41, 5.74) is 4.67. The first-order chi connectivity index (χ1) is 9.63. The van der Waals surface area contributed by atoms with E-state index in [4.69, 9.17) is 0 Å². The molecule has 0 aromatic heterocycles. The van der Waals surface area contributed by atoms with E-state index in [1.807, 2.05) is 12.1 Å². The SMILES string of the molecule is CC(=O)c1ccc2c(c1)CCN2Cc1ccc(Br)cc1. The molecule has 0 atom stereocenters. The number of nitrogens with zero attached hydrogens (tertiary/aromatic N) is 1. The molecule has 0 amide bonds. The lowest BCUT2D eigenvalue weighted by Crippen LogP contribution is -2.19. The quantitative estimate of drug-likeness (QED) is 0.786. The Kier molecular flexibility index (Phi) is 3.62. The van der Waals surface area contributed by atoms with Gasteiger partial charge in [0.15, 0.2) is 5.78 Å². The van der Waals surface area contributed by atoms with Crippen LogP contribution in [0.3, 0.4) is 0 Å². The number of rotatable bonds is 3. The van der Waals surface area contributed by atoms with Crippen molar-refractivity contribution in [2.45, 2.75) is 19.9 Å². The first kappa shape index (κ1) is 13.4. The second-order valence-electron chi connectivity index (χ2n) is 5.20. The Hall–Kier alpha value is -1.61. The molecule has 0 spiro atoms. The van der Waals surface area contributed by atoms with E-state index in [2.05, 4.69) is 51.2 Å². The van der Waals surface area contributed by atoms with Gasteiger partial charge in [-0.2, -0.15) is 0 Å². The molecule has 1 aliphatic heterocycles. The molecule has 0 saturated carbocycles. The predicted octanol–water partition coefficient (Wildman–Crippen LogP) is 4.21. The summed E-state index contributed by atoms with van der Waals surface area (Å²) in [5.74, 6) is 0.138. The molecule has 1 heterocycles. The van der Waals surface area contributed by atoms with Gasteiger partial charge in [-0.05, 0) is 54.8 Å². The zero-order chi connectivity index (χ0) is 14.1. The van der Waals surface area contributed by atoms with Crippen molar-refractivity contribution in [2.75, 3.05) is 11.4 Å². The highest BCUT2D eigenvalue weighted by atomic mass is 79.9. The van der Waals surface area contributed by atoms with E-state index >= 15 is 0 Å². The molecule has 2 nitrogen and oxygen atoms in total. The summed E-state index contributed by atoms with van der Waals surface area (Å²) in [6, 6.07) is 14.5. The lowest BCUT2D eigenvalue weighted by atomic mass is 10.1. The van der Waals surface area contributed by atoms with Gasteiger partial charge in [-0.1, -0.05) is 28.1 Å². The molecule has 0 saturated heterocycles. The third-order valence-corrected chi connectivity index (χ3v) is 4.29. The molecule has 0 aliphatic carbocycles. The molecular formula is C17H16BrNO. The van der Waals surface area contributed by atoms with Crippen molar-refractivity contribution in [2.24, 2.45) is 0 Å². The Morgan fingerprint density at radius 2 is 1.95 bits per heavy atom. The number of carbonyl (C=O) groups excluding carboxylic acids is 1. The molecular weight excluding hydrogens is 314 g/mol. The lowest BCUT2D eigenvalue weighted by molar-refractivity contribution is 0.101. The molecule has 0 bridgehead atoms. The van der Waals surface area contributed by atoms with Crippen LogP contribution in [0.5, 0.6) is 0 Å². The molecule has 1 aliphatic rings. The molecule has 0 radical (unpaired) electrons. The van der Waals surface area contributed by atoms with E-state index in [9.17, 15) is 4.79 Å². The number of hydrogen-bond acceptors (Lipinski definition) is 2. The fraction of sp³-hybridized carbons (Fsp3) is 0.235. The van der Waals surface area contributed by atoms with Crippen LogP contribution in [0.4, 0.5) is 5.69 Å². The maximum absolute atomic E-state index is 11.4. The van der Waals surface area contributed by atoms with Crippen molar-refractivity contribution < 1.29 is 4.79 Å². The molecule has 0 unspecified atom stereocenters. The Bertz CT molecular complexity index is 649. The van der Waals surface area contributed by atoms with Crippen molar-refractivity contribution in [3.8, 4) is 0 Å². The van der Waals surface area contributed by atoms with Crippen molar-refractivity contribution in [3.05, 3.63) is 63.6 Å². The van der Waals surface area contributed by atoms with Crippen LogP contribution < -0.4 is 4.90 Å². The van der Waals surface area contributed by atoms with Crippen molar-refractivity contribution in [1.29, 1.82) is 0 Å². The van der Waals surface area contributed by atoms with Gasteiger partial charge in [0.2, 0.25) is 0 Å². The monoisotopic (exact) mass is 329 g/mol. The second kappa shape index (κ2) is 5.41. The Morgan fingerprint density at radius 3 is 2.65 bits per heavy atom. The summed E-state index contributed by atoms with van der Waals surface area (Å²) in [7, 11) is 0. The first-order valence-corrected chi connectivity index (χ1v) is 7.56. The molecule has 102 valence electrons. The van der Waals surface area contributed by atoms with Crippen LogP contribution in [-0.4, -0.2) is 12.3 Å². The molecule has 20 heavy (non-hydrogen) atoms. The molecule has 0 N–H and O–H groups in total. The summed E-state index contributed by atoms with van der Waals surface area (Å²) in [6.45, 7) is 3.56. The summed E-state index contributed by atoms with van der Waals surface area (Å²) >= 11 is 3.46. The van der Waals surface area contributed by atoms with Crippen LogP contribution in [0.25, 0.3) is 0 Å². The van der Waals surface area contributed by atoms with E-state index < -0.39 is 0 Å². The molecule has 2 aromatic rings. The molecule has 2 aromatic carbocycles. The van der Waals surface area contributed by atoms with Crippen LogP contribution in [0.1, 0.15) is 28.4 Å². The summed E-state index contributed by atoms with van der Waals surface area (Å²) < 4.78 is 1.11. The van der Waals surface area contributed by atoms with Crippen molar-refractivity contribution >= 4 is 27.4 Å². The highest BCUT2D eigenvalue weighted by Gasteiger charge is 2.19. The van der Waals surface area contributed by atoms with Crippen LogP contribution in [-0.2, 0) is 13.0 Å². The van der Waals surface area contributed by atoms with Crippen molar-refractivity contribution in [3.63, 3.8) is 0 Å². The minimum absolute atomic E-state index is 0.138. The number of Topliss-reactive ketones (excluding diaryl/α,β-unsaturated/α-hetero) is 1. The maximum atomic E-state index is 11.4. The number of fused-ring (bicyclic) bond motifs is 1. The number of anilines is 1. The summed E-state index contributed by atoms with van der Waals surface area (Å²) in [6.07, 6.45) is 1.02. The van der Waals surface area contributed by atoms with Crippen LogP contribution in [0, 0.1) is 0 Å². The van der Waals surface area contributed by atoms with Crippen molar-refractivity contribution in [1.82, 2.24) is 0 Å². The van der Waals surface area contributed by atoms with Gasteiger partial charge in [0, 0.05) is 28.8 Å². The van der Waals surface area contributed by atoms with E-state index in [0.717, 1.165) is 29.5 Å². The van der Waals surface area contributed by atoms with E-state index in [0.29, 0.717) is 0 Å². The zero-order valence-corrected chi connectivity index (χ0v) is 13.0. The second-order valence-corrected chi connectivity index (χ2v) is 6.11. The first-order valence-electron chi connectivity index (χ1n) is 6.77. The highest BCUT2D eigenvalue weighted by molar-refractivity contribution is 9.10. The minimum atomic E-state index is 0.138. The third-order valence-electron chi connectivity index (χ3n) is 3.76. The van der Waals surface area contributed by atoms with E-state index in [-0.39, 0.29) is 5.78 Å². The Balaban J connectivity index is 1.82. The Morgan fingerprint density at radius 1 is 1.20 bits per heavy atom. The fourth-order valence-electron chi connectivity index (χ4n) is 2.66.